The Bertz CT molecular complexity index is 584. The molecular weight excluding hydrogens is 324 g/mol. The number of hydrogen-bond donors (Lipinski definition) is 1. The molecule has 106 valence electrons. The summed E-state index contributed by atoms with van der Waals surface area (Å²) in [6, 6.07) is 5.07. The lowest BCUT2D eigenvalue weighted by molar-refractivity contribution is -0.122. The summed E-state index contributed by atoms with van der Waals surface area (Å²) in [5, 5.41) is 2.59. The SMILES string of the molecule is CCCN1C(=O)N/C(=C/c2ccc(OC)c(Br)c2)C1=O. The van der Waals surface area contributed by atoms with E-state index in [9.17, 15) is 9.59 Å². The largest absolute Gasteiger partial charge is 0.496 e. The predicted molar refractivity (Wildman–Crippen MR) is 79.2 cm³/mol. The van der Waals surface area contributed by atoms with Gasteiger partial charge in [0.05, 0.1) is 11.6 Å². The zero-order chi connectivity index (χ0) is 14.7. The van der Waals surface area contributed by atoms with Gasteiger partial charge >= 0.3 is 6.03 Å². The van der Waals surface area contributed by atoms with E-state index in [1.165, 1.54) is 4.90 Å². The molecule has 5 nitrogen and oxygen atoms in total. The first-order valence-electron chi connectivity index (χ1n) is 6.25. The Balaban J connectivity index is 2.26. The molecule has 0 spiro atoms. The minimum absolute atomic E-state index is 0.288. The van der Waals surface area contributed by atoms with Crippen LogP contribution in [0.25, 0.3) is 6.08 Å². The molecule has 1 heterocycles. The van der Waals surface area contributed by atoms with Gasteiger partial charge in [-0.3, -0.25) is 9.69 Å². The van der Waals surface area contributed by atoms with Crippen molar-refractivity contribution in [2.75, 3.05) is 13.7 Å². The number of nitrogens with zero attached hydrogens (tertiary/aromatic N) is 1. The van der Waals surface area contributed by atoms with Crippen molar-refractivity contribution in [3.8, 4) is 5.75 Å². The van der Waals surface area contributed by atoms with Crippen LogP contribution in [0.1, 0.15) is 18.9 Å². The molecule has 2 rings (SSSR count). The fourth-order valence-electron chi connectivity index (χ4n) is 1.94. The molecule has 1 saturated heterocycles. The molecular formula is C14H15BrN2O3. The van der Waals surface area contributed by atoms with Crippen LogP contribution in [0.15, 0.2) is 28.4 Å². The normalized spacial score (nSPS) is 16.8. The Labute approximate surface area is 125 Å². The van der Waals surface area contributed by atoms with Crippen LogP contribution >= 0.6 is 15.9 Å². The summed E-state index contributed by atoms with van der Waals surface area (Å²) in [4.78, 5) is 24.9. The van der Waals surface area contributed by atoms with Crippen LogP contribution in [-0.4, -0.2) is 30.5 Å². The molecule has 0 unspecified atom stereocenters. The third-order valence-electron chi connectivity index (χ3n) is 2.90. The number of carbonyl (C=O) groups is 2. The van der Waals surface area contributed by atoms with E-state index in [1.807, 2.05) is 19.1 Å². The molecule has 1 fully saturated rings. The van der Waals surface area contributed by atoms with Gasteiger partial charge in [0.2, 0.25) is 0 Å². The number of urea groups is 1. The number of amides is 3. The second-order valence-corrected chi connectivity index (χ2v) is 5.19. The zero-order valence-electron chi connectivity index (χ0n) is 11.3. The number of ether oxygens (including phenoxy) is 1. The van der Waals surface area contributed by atoms with Crippen molar-refractivity contribution in [1.29, 1.82) is 0 Å². The average molecular weight is 339 g/mol. The Morgan fingerprint density at radius 2 is 2.15 bits per heavy atom. The van der Waals surface area contributed by atoms with E-state index in [-0.39, 0.29) is 11.9 Å². The van der Waals surface area contributed by atoms with Gasteiger partial charge in [-0.1, -0.05) is 13.0 Å². The molecule has 1 aromatic carbocycles. The number of methoxy groups -OCH3 is 1. The summed E-state index contributed by atoms with van der Waals surface area (Å²) in [6.07, 6.45) is 2.39. The lowest BCUT2D eigenvalue weighted by Crippen LogP contribution is -2.31. The van der Waals surface area contributed by atoms with Crippen molar-refractivity contribution in [2.24, 2.45) is 0 Å². The molecule has 1 aliphatic heterocycles. The highest BCUT2D eigenvalue weighted by Gasteiger charge is 2.32. The highest BCUT2D eigenvalue weighted by atomic mass is 79.9. The van der Waals surface area contributed by atoms with Gasteiger partial charge in [0.1, 0.15) is 11.4 Å². The van der Waals surface area contributed by atoms with E-state index in [0.29, 0.717) is 18.0 Å². The number of carbonyl (C=O) groups excluding carboxylic acids is 2. The molecule has 0 aromatic heterocycles. The highest BCUT2D eigenvalue weighted by Crippen LogP contribution is 2.26. The fraction of sp³-hybridized carbons (Fsp3) is 0.286. The molecule has 0 atom stereocenters. The van der Waals surface area contributed by atoms with Gasteiger partial charge < -0.3 is 10.1 Å². The zero-order valence-corrected chi connectivity index (χ0v) is 12.9. The number of halogens is 1. The van der Waals surface area contributed by atoms with Crippen LogP contribution in [0.2, 0.25) is 0 Å². The maximum Gasteiger partial charge on any atom is 0.329 e. The summed E-state index contributed by atoms with van der Waals surface area (Å²) in [7, 11) is 1.58. The molecule has 3 amide bonds. The summed E-state index contributed by atoms with van der Waals surface area (Å²) in [5.41, 5.74) is 1.10. The molecule has 1 aromatic rings. The van der Waals surface area contributed by atoms with Gasteiger partial charge in [-0.15, -0.1) is 0 Å². The summed E-state index contributed by atoms with van der Waals surface area (Å²) >= 11 is 3.38. The van der Waals surface area contributed by atoms with E-state index in [1.54, 1.807) is 19.3 Å². The molecule has 0 bridgehead atoms. The van der Waals surface area contributed by atoms with Gasteiger partial charge in [-0.25, -0.2) is 4.79 Å². The van der Waals surface area contributed by atoms with Crippen molar-refractivity contribution in [3.63, 3.8) is 0 Å². The predicted octanol–water partition coefficient (Wildman–Crippen LogP) is 2.76. The number of rotatable bonds is 4. The first-order valence-corrected chi connectivity index (χ1v) is 7.04. The molecule has 0 aliphatic carbocycles. The molecule has 20 heavy (non-hydrogen) atoms. The lowest BCUT2D eigenvalue weighted by atomic mass is 10.2. The Morgan fingerprint density at radius 3 is 2.75 bits per heavy atom. The second kappa shape index (κ2) is 6.09. The highest BCUT2D eigenvalue weighted by molar-refractivity contribution is 9.10. The Hall–Kier alpha value is -1.82. The van der Waals surface area contributed by atoms with E-state index in [4.69, 9.17) is 4.74 Å². The average Bonchev–Trinajstić information content (AvgIpc) is 2.67. The third-order valence-corrected chi connectivity index (χ3v) is 3.52. The standard InChI is InChI=1S/C14H15BrN2O3/c1-3-6-17-13(18)11(16-14(17)19)8-9-4-5-12(20-2)10(15)7-9/h4-5,7-8H,3,6H2,1-2H3,(H,16,19)/b11-8+. The summed E-state index contributed by atoms with van der Waals surface area (Å²) < 4.78 is 5.93. The topological polar surface area (TPSA) is 58.6 Å². The van der Waals surface area contributed by atoms with Gasteiger partial charge in [0, 0.05) is 6.54 Å². The molecule has 0 saturated carbocycles. The Kier molecular flexibility index (Phi) is 4.44. The van der Waals surface area contributed by atoms with E-state index in [2.05, 4.69) is 21.2 Å². The number of benzene rings is 1. The quantitative estimate of drug-likeness (QED) is 0.678. The van der Waals surface area contributed by atoms with Crippen LogP contribution < -0.4 is 10.1 Å². The van der Waals surface area contributed by atoms with Gasteiger partial charge in [0.25, 0.3) is 5.91 Å². The molecule has 1 aliphatic rings. The lowest BCUT2D eigenvalue weighted by Gasteiger charge is -2.08. The smallest absolute Gasteiger partial charge is 0.329 e. The second-order valence-electron chi connectivity index (χ2n) is 4.34. The summed E-state index contributed by atoms with van der Waals surface area (Å²) in [6.45, 7) is 2.34. The number of hydrogen-bond acceptors (Lipinski definition) is 3. The van der Waals surface area contributed by atoms with E-state index >= 15 is 0 Å². The van der Waals surface area contributed by atoms with Crippen molar-refractivity contribution in [3.05, 3.63) is 33.9 Å². The van der Waals surface area contributed by atoms with Crippen LogP contribution in [0, 0.1) is 0 Å². The first-order chi connectivity index (χ1) is 9.56. The van der Waals surface area contributed by atoms with E-state index < -0.39 is 0 Å². The fourth-order valence-corrected chi connectivity index (χ4v) is 2.50. The van der Waals surface area contributed by atoms with Crippen molar-refractivity contribution >= 4 is 33.9 Å². The number of imide groups is 1. The minimum atomic E-state index is -0.365. The van der Waals surface area contributed by atoms with Gasteiger partial charge in [-0.05, 0) is 46.1 Å². The summed E-state index contributed by atoms with van der Waals surface area (Å²) in [5.74, 6) is 0.422. The molecule has 0 radical (unpaired) electrons. The van der Waals surface area contributed by atoms with Crippen LogP contribution in [0.5, 0.6) is 5.75 Å². The van der Waals surface area contributed by atoms with Crippen LogP contribution in [-0.2, 0) is 4.79 Å². The van der Waals surface area contributed by atoms with Crippen LogP contribution in [0.4, 0.5) is 4.79 Å². The minimum Gasteiger partial charge on any atom is -0.496 e. The van der Waals surface area contributed by atoms with Crippen molar-refractivity contribution in [2.45, 2.75) is 13.3 Å². The van der Waals surface area contributed by atoms with Crippen LogP contribution in [0.3, 0.4) is 0 Å². The van der Waals surface area contributed by atoms with Crippen molar-refractivity contribution < 1.29 is 14.3 Å². The van der Waals surface area contributed by atoms with E-state index in [0.717, 1.165) is 16.5 Å². The van der Waals surface area contributed by atoms with Gasteiger partial charge in [-0.2, -0.15) is 0 Å². The first kappa shape index (κ1) is 14.6. The monoisotopic (exact) mass is 338 g/mol. The van der Waals surface area contributed by atoms with Gasteiger partial charge in [0.15, 0.2) is 0 Å². The third kappa shape index (κ3) is 2.85. The number of nitrogens with one attached hydrogen (secondary N) is 1. The Morgan fingerprint density at radius 1 is 1.40 bits per heavy atom. The molecule has 6 heteroatoms. The molecule has 1 N–H and O–H groups in total. The maximum absolute atomic E-state index is 12.1. The maximum atomic E-state index is 12.1. The van der Waals surface area contributed by atoms with Crippen molar-refractivity contribution in [1.82, 2.24) is 10.2 Å².